The molecule has 0 amide bonds. The molecule has 1 saturated carbocycles. The molecule has 1 aliphatic rings. The molecule has 0 saturated heterocycles. The molecule has 0 unspecified atom stereocenters. The van der Waals surface area contributed by atoms with Gasteiger partial charge in [0.05, 0.1) is 18.9 Å². The second-order valence-corrected chi connectivity index (χ2v) is 7.23. The van der Waals surface area contributed by atoms with E-state index in [-0.39, 0.29) is 42.1 Å². The van der Waals surface area contributed by atoms with Gasteiger partial charge in [-0.15, -0.1) is 0 Å². The van der Waals surface area contributed by atoms with E-state index >= 15 is 0 Å². The molecule has 1 rings (SSSR count). The van der Waals surface area contributed by atoms with E-state index in [4.69, 9.17) is 9.47 Å². The van der Waals surface area contributed by atoms with Gasteiger partial charge in [0.2, 0.25) is 0 Å². The predicted molar refractivity (Wildman–Crippen MR) is 82.1 cm³/mol. The Balaban J connectivity index is 2.88. The van der Waals surface area contributed by atoms with Crippen LogP contribution in [0.15, 0.2) is 0 Å². The summed E-state index contributed by atoms with van der Waals surface area (Å²) >= 11 is 0. The molecule has 0 aromatic rings. The number of rotatable bonds is 5. The van der Waals surface area contributed by atoms with E-state index in [1.165, 1.54) is 7.11 Å². The van der Waals surface area contributed by atoms with Gasteiger partial charge in [-0.05, 0) is 52.9 Å². The van der Waals surface area contributed by atoms with Crippen molar-refractivity contribution in [2.45, 2.75) is 65.9 Å². The Bertz CT molecular complexity index is 421. The molecule has 22 heavy (non-hydrogen) atoms. The molecule has 0 aromatic carbocycles. The maximum absolute atomic E-state index is 12.2. The highest BCUT2D eigenvalue weighted by Crippen LogP contribution is 2.38. The third kappa shape index (κ3) is 5.43. The van der Waals surface area contributed by atoms with E-state index in [0.717, 1.165) is 19.3 Å². The Morgan fingerprint density at radius 1 is 1.09 bits per heavy atom. The van der Waals surface area contributed by atoms with Gasteiger partial charge in [-0.25, -0.2) is 0 Å². The Morgan fingerprint density at radius 3 is 2.23 bits per heavy atom. The first-order valence-electron chi connectivity index (χ1n) is 7.92. The maximum atomic E-state index is 12.2. The lowest BCUT2D eigenvalue weighted by atomic mass is 9.73. The van der Waals surface area contributed by atoms with Gasteiger partial charge in [0.25, 0.3) is 0 Å². The lowest BCUT2D eigenvalue weighted by Crippen LogP contribution is -2.40. The molecule has 1 aliphatic carbocycles. The number of ether oxygens (including phenoxy) is 2. The third-order valence-electron chi connectivity index (χ3n) is 4.20. The third-order valence-corrected chi connectivity index (χ3v) is 4.20. The van der Waals surface area contributed by atoms with Gasteiger partial charge in [0.1, 0.15) is 11.9 Å². The van der Waals surface area contributed by atoms with Crippen LogP contribution in [0.25, 0.3) is 0 Å². The van der Waals surface area contributed by atoms with Crippen molar-refractivity contribution in [1.29, 1.82) is 0 Å². The van der Waals surface area contributed by atoms with Crippen LogP contribution >= 0.6 is 0 Å². The summed E-state index contributed by atoms with van der Waals surface area (Å²) in [6.07, 6.45) is 2.81. The molecule has 0 aromatic heterocycles. The molecule has 5 heteroatoms. The molecular formula is C17H28O5. The summed E-state index contributed by atoms with van der Waals surface area (Å²) in [7, 11) is 1.35. The van der Waals surface area contributed by atoms with Crippen LogP contribution in [0.4, 0.5) is 0 Å². The fourth-order valence-electron chi connectivity index (χ4n) is 2.97. The van der Waals surface area contributed by atoms with E-state index in [9.17, 15) is 14.4 Å². The fourth-order valence-corrected chi connectivity index (χ4v) is 2.97. The number of esters is 2. The van der Waals surface area contributed by atoms with Crippen molar-refractivity contribution in [3.05, 3.63) is 0 Å². The van der Waals surface area contributed by atoms with Crippen molar-refractivity contribution in [2.24, 2.45) is 17.3 Å². The molecule has 3 atom stereocenters. The lowest BCUT2D eigenvalue weighted by molar-refractivity contribution is -0.167. The van der Waals surface area contributed by atoms with Crippen LogP contribution in [0, 0.1) is 17.3 Å². The Labute approximate surface area is 132 Å². The smallest absolute Gasteiger partial charge is 0.311 e. The highest BCUT2D eigenvalue weighted by atomic mass is 16.5. The van der Waals surface area contributed by atoms with Gasteiger partial charge in [-0.1, -0.05) is 0 Å². The summed E-state index contributed by atoms with van der Waals surface area (Å²) in [5, 5.41) is 0. The first-order valence-corrected chi connectivity index (χ1v) is 7.92. The zero-order chi connectivity index (χ0) is 16.9. The van der Waals surface area contributed by atoms with E-state index < -0.39 is 5.41 Å². The van der Waals surface area contributed by atoms with Gasteiger partial charge in [0, 0.05) is 12.3 Å². The number of methoxy groups -OCH3 is 1. The van der Waals surface area contributed by atoms with Crippen molar-refractivity contribution >= 4 is 17.7 Å². The molecule has 0 spiro atoms. The summed E-state index contributed by atoms with van der Waals surface area (Å²) in [5.74, 6) is -0.560. The highest BCUT2D eigenvalue weighted by Gasteiger charge is 2.39. The minimum Gasteiger partial charge on any atom is -0.469 e. The van der Waals surface area contributed by atoms with Crippen LogP contribution in [0.5, 0.6) is 0 Å². The minimum atomic E-state index is -0.580. The Hall–Kier alpha value is -1.39. The quantitative estimate of drug-likeness (QED) is 0.730. The van der Waals surface area contributed by atoms with Gasteiger partial charge >= 0.3 is 11.9 Å². The zero-order valence-corrected chi connectivity index (χ0v) is 14.3. The lowest BCUT2D eigenvalue weighted by Gasteiger charge is -2.38. The fraction of sp³-hybridized carbons (Fsp3) is 0.824. The molecule has 0 aliphatic heterocycles. The molecule has 5 nitrogen and oxygen atoms in total. The number of hydrogen-bond donors (Lipinski definition) is 0. The van der Waals surface area contributed by atoms with Crippen molar-refractivity contribution in [3.8, 4) is 0 Å². The van der Waals surface area contributed by atoms with Crippen molar-refractivity contribution in [1.82, 2.24) is 0 Å². The number of carbonyl (C=O) groups excluding carboxylic acids is 3. The van der Waals surface area contributed by atoms with Crippen LogP contribution in [-0.4, -0.2) is 30.9 Å². The van der Waals surface area contributed by atoms with Gasteiger partial charge in [-0.3, -0.25) is 9.59 Å². The van der Waals surface area contributed by atoms with E-state index in [2.05, 4.69) is 0 Å². The van der Waals surface area contributed by atoms with E-state index in [1.54, 1.807) is 27.7 Å². The minimum absolute atomic E-state index is 0.0723. The number of hydrogen-bond acceptors (Lipinski definition) is 5. The molecule has 1 fully saturated rings. The van der Waals surface area contributed by atoms with Crippen LogP contribution < -0.4 is 0 Å². The van der Waals surface area contributed by atoms with Gasteiger partial charge < -0.3 is 14.3 Å². The second-order valence-electron chi connectivity index (χ2n) is 7.23. The standard InChI is InChI=1S/C17H28O5/c1-11(18)9-12-7-6-8-14(13(12)10-15(19)21-5)22-16(20)17(2,3)4/h12-14H,6-10H2,1-5H3/t12-,13-,14+/m1/s1. The zero-order valence-electron chi connectivity index (χ0n) is 14.3. The highest BCUT2D eigenvalue weighted by molar-refractivity contribution is 5.77. The monoisotopic (exact) mass is 312 g/mol. The largest absolute Gasteiger partial charge is 0.469 e. The van der Waals surface area contributed by atoms with Gasteiger partial charge in [-0.2, -0.15) is 0 Å². The number of ketones is 1. The number of Topliss-reactive ketones (excluding diaryl/α,β-unsaturated/α-hetero) is 1. The second kappa shape index (κ2) is 7.75. The van der Waals surface area contributed by atoms with Crippen LogP contribution in [-0.2, 0) is 23.9 Å². The normalized spacial score (nSPS) is 25.4. The topological polar surface area (TPSA) is 69.7 Å². The van der Waals surface area contributed by atoms with E-state index in [0.29, 0.717) is 6.42 Å². The molecular weight excluding hydrogens is 284 g/mol. The Morgan fingerprint density at radius 2 is 1.73 bits per heavy atom. The molecule has 0 radical (unpaired) electrons. The summed E-state index contributed by atoms with van der Waals surface area (Å²) in [4.78, 5) is 35.3. The SMILES string of the molecule is COC(=O)C[C@@H]1[C@@H](CC(C)=O)CCC[C@@H]1OC(=O)C(C)(C)C. The first-order chi connectivity index (χ1) is 10.1. The number of carbonyl (C=O) groups is 3. The van der Waals surface area contributed by atoms with Crippen LogP contribution in [0.1, 0.15) is 59.8 Å². The maximum Gasteiger partial charge on any atom is 0.311 e. The van der Waals surface area contributed by atoms with E-state index in [1.807, 2.05) is 0 Å². The van der Waals surface area contributed by atoms with Crippen LogP contribution in [0.3, 0.4) is 0 Å². The van der Waals surface area contributed by atoms with Crippen LogP contribution in [0.2, 0.25) is 0 Å². The average molecular weight is 312 g/mol. The van der Waals surface area contributed by atoms with Crippen molar-refractivity contribution in [2.75, 3.05) is 7.11 Å². The summed E-state index contributed by atoms with van der Waals surface area (Å²) < 4.78 is 10.4. The molecule has 0 heterocycles. The summed E-state index contributed by atoms with van der Waals surface area (Å²) in [6, 6.07) is 0. The van der Waals surface area contributed by atoms with Crippen molar-refractivity contribution in [3.63, 3.8) is 0 Å². The molecule has 0 bridgehead atoms. The molecule has 0 N–H and O–H groups in total. The summed E-state index contributed by atoms with van der Waals surface area (Å²) in [6.45, 7) is 6.97. The summed E-state index contributed by atoms with van der Waals surface area (Å²) in [5.41, 5.74) is -0.580. The predicted octanol–water partition coefficient (Wildman–Crippen LogP) is 2.90. The average Bonchev–Trinajstić information content (AvgIpc) is 2.40. The van der Waals surface area contributed by atoms with Crippen molar-refractivity contribution < 1.29 is 23.9 Å². The Kier molecular flexibility index (Phi) is 6.57. The first kappa shape index (κ1) is 18.7. The molecule has 126 valence electrons. The van der Waals surface area contributed by atoms with Gasteiger partial charge in [0.15, 0.2) is 0 Å².